The molecule has 0 N–H and O–H groups in total. The van der Waals surface area contributed by atoms with Crippen molar-refractivity contribution in [2.75, 3.05) is 18.1 Å². The molecule has 5 heteroatoms. The first kappa shape index (κ1) is 22.8. The van der Waals surface area contributed by atoms with E-state index in [0.717, 1.165) is 33.1 Å². The summed E-state index contributed by atoms with van der Waals surface area (Å²) in [6.45, 7) is 8.26. The molecule has 4 rings (SSSR count). The molecule has 0 aromatic heterocycles. The third-order valence-electron chi connectivity index (χ3n) is 5.41. The number of hydrogen-bond donors (Lipinski definition) is 0. The Balaban J connectivity index is 1.74. The third kappa shape index (κ3) is 4.99. The minimum atomic E-state index is -0.339. The molecule has 170 valence electrons. The van der Waals surface area contributed by atoms with Gasteiger partial charge >= 0.3 is 0 Å². The first-order valence-electron chi connectivity index (χ1n) is 10.9. The van der Waals surface area contributed by atoms with Crippen molar-refractivity contribution in [2.24, 2.45) is 0 Å². The van der Waals surface area contributed by atoms with Gasteiger partial charge in [-0.3, -0.25) is 9.59 Å². The van der Waals surface area contributed by atoms with Gasteiger partial charge in [0.1, 0.15) is 24.7 Å². The maximum atomic E-state index is 12.1. The van der Waals surface area contributed by atoms with Gasteiger partial charge in [-0.15, -0.1) is 0 Å². The van der Waals surface area contributed by atoms with E-state index >= 15 is 0 Å². The van der Waals surface area contributed by atoms with E-state index in [1.165, 1.54) is 12.2 Å². The van der Waals surface area contributed by atoms with E-state index in [0.29, 0.717) is 18.9 Å². The summed E-state index contributed by atoms with van der Waals surface area (Å²) < 4.78 is 11.5. The molecule has 2 amide bonds. The number of imide groups is 1. The number of carbonyl (C=O) groups excluding carboxylic acids is 2. The number of rotatable bonds is 10. The monoisotopic (exact) mass is 451 g/mol. The highest BCUT2D eigenvalue weighted by molar-refractivity contribution is 6.28. The topological polar surface area (TPSA) is 55.8 Å². The van der Waals surface area contributed by atoms with Gasteiger partial charge in [0, 0.05) is 18.1 Å². The summed E-state index contributed by atoms with van der Waals surface area (Å²) in [5.74, 6) is 0.688. The van der Waals surface area contributed by atoms with Crippen LogP contribution in [0.1, 0.15) is 22.6 Å². The van der Waals surface area contributed by atoms with Crippen molar-refractivity contribution in [1.29, 1.82) is 0 Å². The largest absolute Gasteiger partial charge is 0.490 e. The molecule has 0 radical (unpaired) electrons. The van der Waals surface area contributed by atoms with Crippen molar-refractivity contribution in [3.8, 4) is 11.5 Å². The lowest BCUT2D eigenvalue weighted by Gasteiger charge is -2.22. The van der Waals surface area contributed by atoms with E-state index in [-0.39, 0.29) is 17.7 Å². The van der Waals surface area contributed by atoms with Crippen LogP contribution in [-0.2, 0) is 9.59 Å². The fourth-order valence-corrected chi connectivity index (χ4v) is 3.93. The SMILES string of the molecule is C=CCOc1cccc(C(c2ccc(N3C(=O)C=CC3=O)cc2)c2cccc(OCC=C)c2)c1. The summed E-state index contributed by atoms with van der Waals surface area (Å²) in [7, 11) is 0. The second kappa shape index (κ2) is 10.5. The maximum absolute atomic E-state index is 12.1. The minimum absolute atomic E-state index is 0.128. The molecule has 3 aromatic carbocycles. The maximum Gasteiger partial charge on any atom is 0.258 e. The average Bonchev–Trinajstić information content (AvgIpc) is 3.20. The van der Waals surface area contributed by atoms with Crippen LogP contribution in [0.5, 0.6) is 11.5 Å². The van der Waals surface area contributed by atoms with Crippen molar-refractivity contribution in [1.82, 2.24) is 0 Å². The summed E-state index contributed by atoms with van der Waals surface area (Å²) in [6.07, 6.45) is 5.98. The molecular weight excluding hydrogens is 426 g/mol. The van der Waals surface area contributed by atoms with E-state index in [4.69, 9.17) is 9.47 Å². The van der Waals surface area contributed by atoms with Crippen molar-refractivity contribution in [3.05, 3.63) is 127 Å². The Bertz CT molecular complexity index is 1170. The zero-order valence-electron chi connectivity index (χ0n) is 18.7. The number of carbonyl (C=O) groups is 2. The van der Waals surface area contributed by atoms with Crippen molar-refractivity contribution >= 4 is 17.5 Å². The summed E-state index contributed by atoms with van der Waals surface area (Å²) in [5.41, 5.74) is 3.60. The second-order valence-electron chi connectivity index (χ2n) is 7.71. The average molecular weight is 452 g/mol. The highest BCUT2D eigenvalue weighted by Gasteiger charge is 2.25. The molecule has 0 aliphatic carbocycles. The Hall–Kier alpha value is -4.38. The lowest BCUT2D eigenvalue weighted by molar-refractivity contribution is -0.119. The van der Waals surface area contributed by atoms with Gasteiger partial charge < -0.3 is 9.47 Å². The first-order valence-corrected chi connectivity index (χ1v) is 10.9. The molecule has 1 aliphatic heterocycles. The molecule has 5 nitrogen and oxygen atoms in total. The summed E-state index contributed by atoms with van der Waals surface area (Å²) in [5, 5.41) is 0. The van der Waals surface area contributed by atoms with Crippen LogP contribution < -0.4 is 14.4 Å². The zero-order chi connectivity index (χ0) is 23.9. The Labute approximate surface area is 199 Å². The number of anilines is 1. The highest BCUT2D eigenvalue weighted by Crippen LogP contribution is 2.36. The van der Waals surface area contributed by atoms with E-state index in [1.807, 2.05) is 60.7 Å². The summed E-state index contributed by atoms with van der Waals surface area (Å²) in [6, 6.07) is 23.3. The van der Waals surface area contributed by atoms with E-state index in [1.54, 1.807) is 24.3 Å². The van der Waals surface area contributed by atoms with Gasteiger partial charge in [0.15, 0.2) is 0 Å². The van der Waals surface area contributed by atoms with Gasteiger partial charge in [0.2, 0.25) is 0 Å². The van der Waals surface area contributed by atoms with E-state index in [2.05, 4.69) is 13.2 Å². The predicted octanol–water partition coefficient (Wildman–Crippen LogP) is 5.43. The smallest absolute Gasteiger partial charge is 0.258 e. The van der Waals surface area contributed by atoms with Crippen LogP contribution in [0, 0.1) is 0 Å². The molecule has 1 aliphatic rings. The van der Waals surface area contributed by atoms with Crippen LogP contribution in [-0.4, -0.2) is 25.0 Å². The van der Waals surface area contributed by atoms with Crippen LogP contribution in [0.2, 0.25) is 0 Å². The molecule has 0 atom stereocenters. The van der Waals surface area contributed by atoms with Crippen molar-refractivity contribution < 1.29 is 19.1 Å². The van der Waals surface area contributed by atoms with Crippen LogP contribution >= 0.6 is 0 Å². The molecule has 0 spiro atoms. The number of amides is 2. The van der Waals surface area contributed by atoms with Crippen LogP contribution in [0.15, 0.2) is 110 Å². The Kier molecular flexibility index (Phi) is 7.04. The lowest BCUT2D eigenvalue weighted by Crippen LogP contribution is -2.29. The van der Waals surface area contributed by atoms with Crippen molar-refractivity contribution in [3.63, 3.8) is 0 Å². The molecule has 34 heavy (non-hydrogen) atoms. The zero-order valence-corrected chi connectivity index (χ0v) is 18.7. The molecule has 0 unspecified atom stereocenters. The fraction of sp³-hybridized carbons (Fsp3) is 0.103. The molecule has 0 fully saturated rings. The normalized spacial score (nSPS) is 12.8. The quantitative estimate of drug-likeness (QED) is 0.234. The first-order chi connectivity index (χ1) is 16.6. The summed E-state index contributed by atoms with van der Waals surface area (Å²) in [4.78, 5) is 25.3. The fourth-order valence-electron chi connectivity index (χ4n) is 3.93. The summed E-state index contributed by atoms with van der Waals surface area (Å²) >= 11 is 0. The predicted molar refractivity (Wildman–Crippen MR) is 133 cm³/mol. The molecule has 0 saturated carbocycles. The lowest BCUT2D eigenvalue weighted by atomic mass is 9.85. The van der Waals surface area contributed by atoms with Gasteiger partial charge in [-0.2, -0.15) is 0 Å². The molecule has 1 heterocycles. The van der Waals surface area contributed by atoms with Crippen LogP contribution in [0.4, 0.5) is 5.69 Å². The van der Waals surface area contributed by atoms with Gasteiger partial charge in [-0.1, -0.05) is 61.7 Å². The van der Waals surface area contributed by atoms with Gasteiger partial charge in [-0.25, -0.2) is 4.90 Å². The van der Waals surface area contributed by atoms with Gasteiger partial charge in [-0.05, 0) is 53.1 Å². The van der Waals surface area contributed by atoms with Crippen LogP contribution in [0.3, 0.4) is 0 Å². The Morgan fingerprint density at radius 3 is 1.68 bits per heavy atom. The standard InChI is InChI=1S/C29H25NO4/c1-3-17-33-25-9-5-7-22(19-25)29(23-8-6-10-26(20-23)34-18-4-2)21-11-13-24(14-12-21)30-27(31)15-16-28(30)32/h3-16,19-20,29H,1-2,17-18H2. The molecule has 3 aromatic rings. The van der Waals surface area contributed by atoms with Gasteiger partial charge in [0.25, 0.3) is 11.8 Å². The van der Waals surface area contributed by atoms with E-state index in [9.17, 15) is 9.59 Å². The third-order valence-corrected chi connectivity index (χ3v) is 5.41. The number of ether oxygens (including phenoxy) is 2. The Morgan fingerprint density at radius 2 is 1.21 bits per heavy atom. The van der Waals surface area contributed by atoms with E-state index < -0.39 is 0 Å². The van der Waals surface area contributed by atoms with Crippen LogP contribution in [0.25, 0.3) is 0 Å². The minimum Gasteiger partial charge on any atom is -0.490 e. The molecular formula is C29H25NO4. The number of hydrogen-bond acceptors (Lipinski definition) is 4. The number of benzene rings is 3. The van der Waals surface area contributed by atoms with Crippen molar-refractivity contribution in [2.45, 2.75) is 5.92 Å². The Morgan fingerprint density at radius 1 is 0.706 bits per heavy atom. The number of nitrogens with zero attached hydrogens (tertiary/aromatic N) is 1. The van der Waals surface area contributed by atoms with Gasteiger partial charge in [0.05, 0.1) is 5.69 Å². The molecule has 0 bridgehead atoms. The molecule has 0 saturated heterocycles. The second-order valence-corrected chi connectivity index (χ2v) is 7.71. The highest BCUT2D eigenvalue weighted by atomic mass is 16.5.